The summed E-state index contributed by atoms with van der Waals surface area (Å²) in [5.74, 6) is -1.62. The second-order valence-electron chi connectivity index (χ2n) is 4.26. The van der Waals surface area contributed by atoms with E-state index in [1.54, 1.807) is 19.1 Å². The van der Waals surface area contributed by atoms with E-state index in [1.807, 2.05) is 0 Å². The molecule has 2 aromatic carbocycles. The van der Waals surface area contributed by atoms with Crippen LogP contribution in [0.25, 0.3) is 0 Å². The fourth-order valence-corrected chi connectivity index (χ4v) is 2.09. The first-order valence-corrected chi connectivity index (χ1v) is 6.61. The van der Waals surface area contributed by atoms with E-state index in [-0.39, 0.29) is 21.4 Å². The predicted octanol–water partition coefficient (Wildman–Crippen LogP) is 5.22. The van der Waals surface area contributed by atoms with Gasteiger partial charge in [0, 0.05) is 6.07 Å². The van der Waals surface area contributed by atoms with Gasteiger partial charge < -0.3 is 10.6 Å². The number of hydrogen-bond acceptors (Lipinski definition) is 1. The molecule has 0 saturated heterocycles. The number of halogens is 4. The molecule has 0 spiro atoms. The summed E-state index contributed by atoms with van der Waals surface area (Å²) in [5, 5.41) is 5.23. The van der Waals surface area contributed by atoms with Gasteiger partial charge in [0.1, 0.15) is 11.6 Å². The molecule has 21 heavy (non-hydrogen) atoms. The third-order valence-corrected chi connectivity index (χ3v) is 3.50. The highest BCUT2D eigenvalue weighted by Gasteiger charge is 2.13. The van der Waals surface area contributed by atoms with Gasteiger partial charge in [-0.3, -0.25) is 0 Å². The van der Waals surface area contributed by atoms with E-state index < -0.39 is 17.7 Å². The molecule has 2 amide bonds. The van der Waals surface area contributed by atoms with Crippen LogP contribution in [-0.2, 0) is 0 Å². The number of hydrogen-bond donors (Lipinski definition) is 2. The van der Waals surface area contributed by atoms with Gasteiger partial charge in [-0.1, -0.05) is 29.3 Å². The number of anilines is 2. The lowest BCUT2D eigenvalue weighted by molar-refractivity contribution is 0.262. The molecule has 0 radical (unpaired) electrons. The number of rotatable bonds is 2. The van der Waals surface area contributed by atoms with Crippen molar-refractivity contribution in [3.8, 4) is 0 Å². The van der Waals surface area contributed by atoms with Crippen LogP contribution < -0.4 is 10.6 Å². The molecule has 0 bridgehead atoms. The number of amides is 2. The van der Waals surface area contributed by atoms with Gasteiger partial charge in [-0.15, -0.1) is 0 Å². The molecule has 0 atom stereocenters. The second-order valence-corrected chi connectivity index (χ2v) is 5.04. The molecule has 0 aliphatic heterocycles. The normalized spacial score (nSPS) is 10.3. The monoisotopic (exact) mass is 330 g/mol. The van der Waals surface area contributed by atoms with Gasteiger partial charge in [0.2, 0.25) is 0 Å². The number of carbonyl (C=O) groups excluding carboxylic acids is 1. The van der Waals surface area contributed by atoms with Crippen LogP contribution in [0.2, 0.25) is 10.0 Å². The third kappa shape index (κ3) is 3.62. The van der Waals surface area contributed by atoms with Crippen LogP contribution in [0.15, 0.2) is 30.3 Å². The summed E-state index contributed by atoms with van der Waals surface area (Å²) in [6, 6.07) is 5.36. The summed E-state index contributed by atoms with van der Waals surface area (Å²) in [6.07, 6.45) is 0. The zero-order valence-electron chi connectivity index (χ0n) is 10.8. The van der Waals surface area contributed by atoms with Gasteiger partial charge in [-0.05, 0) is 30.7 Å². The highest BCUT2D eigenvalue weighted by Crippen LogP contribution is 2.33. The molecule has 0 unspecified atom stereocenters. The molecule has 0 aliphatic rings. The zero-order valence-corrected chi connectivity index (χ0v) is 12.3. The van der Waals surface area contributed by atoms with Gasteiger partial charge in [-0.2, -0.15) is 0 Å². The molecule has 0 heterocycles. The van der Waals surface area contributed by atoms with Crippen LogP contribution in [0, 0.1) is 18.6 Å². The Bertz CT molecular complexity index is 708. The van der Waals surface area contributed by atoms with E-state index in [2.05, 4.69) is 10.6 Å². The fourth-order valence-electron chi connectivity index (χ4n) is 1.63. The Morgan fingerprint density at radius 2 is 1.81 bits per heavy atom. The molecule has 110 valence electrons. The van der Waals surface area contributed by atoms with Crippen molar-refractivity contribution in [2.75, 3.05) is 10.6 Å². The molecule has 2 N–H and O–H groups in total. The van der Waals surface area contributed by atoms with Crippen molar-refractivity contribution in [2.24, 2.45) is 0 Å². The van der Waals surface area contributed by atoms with Crippen molar-refractivity contribution in [3.05, 3.63) is 57.6 Å². The van der Waals surface area contributed by atoms with Gasteiger partial charge >= 0.3 is 6.03 Å². The Labute approximate surface area is 129 Å². The zero-order chi connectivity index (χ0) is 15.6. The molecule has 2 aromatic rings. The summed E-state index contributed by atoms with van der Waals surface area (Å²) in [4.78, 5) is 11.8. The third-order valence-electron chi connectivity index (χ3n) is 2.70. The van der Waals surface area contributed by atoms with Crippen LogP contribution in [0.1, 0.15) is 5.56 Å². The minimum atomic E-state index is -0.883. The first-order chi connectivity index (χ1) is 9.88. The lowest BCUT2D eigenvalue weighted by atomic mass is 10.2. The molecule has 7 heteroatoms. The average Bonchev–Trinajstić information content (AvgIpc) is 2.42. The SMILES string of the molecule is Cc1ccc(Cl)c(NC(=O)Nc2ccc(F)cc2F)c1Cl. The Kier molecular flexibility index (Phi) is 4.65. The maximum atomic E-state index is 13.4. The first kappa shape index (κ1) is 15.5. The molecule has 0 aromatic heterocycles. The second kappa shape index (κ2) is 6.28. The quantitative estimate of drug-likeness (QED) is 0.778. The highest BCUT2D eigenvalue weighted by molar-refractivity contribution is 6.40. The topological polar surface area (TPSA) is 41.1 Å². The number of carbonyl (C=O) groups is 1. The van der Waals surface area contributed by atoms with E-state index in [0.717, 1.165) is 17.7 Å². The Hall–Kier alpha value is -1.85. The van der Waals surface area contributed by atoms with Gasteiger partial charge in [-0.25, -0.2) is 13.6 Å². The molecule has 0 saturated carbocycles. The highest BCUT2D eigenvalue weighted by atomic mass is 35.5. The standard InChI is InChI=1S/C14H10Cl2F2N2O/c1-7-2-4-9(15)13(12(7)16)20-14(21)19-11-5-3-8(17)6-10(11)18/h2-6H,1H3,(H2,19,20,21). The molecule has 2 rings (SSSR count). The minimum Gasteiger partial charge on any atom is -0.305 e. The smallest absolute Gasteiger partial charge is 0.305 e. The summed E-state index contributed by atoms with van der Waals surface area (Å²) >= 11 is 12.0. The van der Waals surface area contributed by atoms with E-state index in [4.69, 9.17) is 23.2 Å². The Morgan fingerprint density at radius 1 is 1.10 bits per heavy atom. The Morgan fingerprint density at radius 3 is 2.48 bits per heavy atom. The number of nitrogens with one attached hydrogen (secondary N) is 2. The lowest BCUT2D eigenvalue weighted by Gasteiger charge is -2.12. The summed E-state index contributed by atoms with van der Waals surface area (Å²) in [7, 11) is 0. The van der Waals surface area contributed by atoms with Crippen molar-refractivity contribution >= 4 is 40.6 Å². The predicted molar refractivity (Wildman–Crippen MR) is 80.2 cm³/mol. The number of aryl methyl sites for hydroxylation is 1. The van der Waals surface area contributed by atoms with E-state index in [9.17, 15) is 13.6 Å². The number of benzene rings is 2. The van der Waals surface area contributed by atoms with Crippen LogP contribution in [-0.4, -0.2) is 6.03 Å². The van der Waals surface area contributed by atoms with Crippen molar-refractivity contribution < 1.29 is 13.6 Å². The first-order valence-electron chi connectivity index (χ1n) is 5.86. The molecular weight excluding hydrogens is 321 g/mol. The van der Waals surface area contributed by atoms with Crippen LogP contribution >= 0.6 is 23.2 Å². The molecule has 0 fully saturated rings. The van der Waals surface area contributed by atoms with Gasteiger partial charge in [0.25, 0.3) is 0 Å². The Balaban J connectivity index is 2.17. The average molecular weight is 331 g/mol. The summed E-state index contributed by atoms with van der Waals surface area (Å²) in [5.41, 5.74) is 0.788. The van der Waals surface area contributed by atoms with Gasteiger partial charge in [0.05, 0.1) is 21.4 Å². The van der Waals surface area contributed by atoms with Gasteiger partial charge in [0.15, 0.2) is 0 Å². The lowest BCUT2D eigenvalue weighted by Crippen LogP contribution is -2.20. The molecule has 3 nitrogen and oxygen atoms in total. The number of urea groups is 1. The van der Waals surface area contributed by atoms with Crippen molar-refractivity contribution in [1.29, 1.82) is 0 Å². The van der Waals surface area contributed by atoms with E-state index >= 15 is 0 Å². The maximum absolute atomic E-state index is 13.4. The van der Waals surface area contributed by atoms with Crippen LogP contribution in [0.5, 0.6) is 0 Å². The minimum absolute atomic E-state index is 0.159. The molecular formula is C14H10Cl2F2N2O. The summed E-state index contributed by atoms with van der Waals surface area (Å²) < 4.78 is 26.2. The van der Waals surface area contributed by atoms with E-state index in [0.29, 0.717) is 6.07 Å². The van der Waals surface area contributed by atoms with Crippen LogP contribution in [0.4, 0.5) is 25.0 Å². The largest absolute Gasteiger partial charge is 0.323 e. The van der Waals surface area contributed by atoms with E-state index in [1.165, 1.54) is 0 Å². The fraction of sp³-hybridized carbons (Fsp3) is 0.0714. The van der Waals surface area contributed by atoms with Crippen molar-refractivity contribution in [2.45, 2.75) is 6.92 Å². The maximum Gasteiger partial charge on any atom is 0.323 e. The summed E-state index contributed by atoms with van der Waals surface area (Å²) in [6.45, 7) is 1.75. The van der Waals surface area contributed by atoms with Crippen molar-refractivity contribution in [1.82, 2.24) is 0 Å². The van der Waals surface area contributed by atoms with Crippen molar-refractivity contribution in [3.63, 3.8) is 0 Å². The van der Waals surface area contributed by atoms with Crippen LogP contribution in [0.3, 0.4) is 0 Å². The molecule has 0 aliphatic carbocycles.